The molecule has 0 aliphatic heterocycles. The van der Waals surface area contributed by atoms with E-state index in [1.54, 1.807) is 12.1 Å². The number of hydrogen-bond donors (Lipinski definition) is 0. The van der Waals surface area contributed by atoms with Crippen LogP contribution in [-0.2, 0) is 20.7 Å². The molecule has 1 aromatic rings. The normalized spacial score (nSPS) is 11.7. The number of aryl methyl sites for hydroxylation is 1. The molecule has 108 valence electrons. The lowest BCUT2D eigenvalue weighted by molar-refractivity contribution is 0.398. The third-order valence-corrected chi connectivity index (χ3v) is 4.54. The summed E-state index contributed by atoms with van der Waals surface area (Å²) in [5.41, 5.74) is 1.19. The molecule has 0 aromatic heterocycles. The molecule has 0 aliphatic rings. The largest absolute Gasteiger partial charge is 0.296 e. The minimum atomic E-state index is -3.55. The zero-order chi connectivity index (χ0) is 14.1. The van der Waals surface area contributed by atoms with Crippen LogP contribution >= 0.6 is 0 Å². The first-order valence-corrected chi connectivity index (χ1v) is 8.40. The molecule has 0 heterocycles. The summed E-state index contributed by atoms with van der Waals surface area (Å²) in [7, 11) is -2.37. The molecule has 0 radical (unpaired) electrons. The van der Waals surface area contributed by atoms with E-state index in [1.165, 1.54) is 51.2 Å². The lowest BCUT2D eigenvalue weighted by Gasteiger charge is -2.04. The second-order valence-corrected chi connectivity index (χ2v) is 6.50. The van der Waals surface area contributed by atoms with Crippen molar-refractivity contribution >= 4 is 10.1 Å². The van der Waals surface area contributed by atoms with Gasteiger partial charge in [-0.05, 0) is 30.5 Å². The molecule has 4 heteroatoms. The Hall–Kier alpha value is -0.870. The van der Waals surface area contributed by atoms with E-state index in [9.17, 15) is 8.42 Å². The average Bonchev–Trinajstić information content (AvgIpc) is 2.43. The van der Waals surface area contributed by atoms with Gasteiger partial charge in [-0.25, -0.2) is 0 Å². The molecule has 1 rings (SSSR count). The highest BCUT2D eigenvalue weighted by molar-refractivity contribution is 7.86. The zero-order valence-corrected chi connectivity index (χ0v) is 12.7. The highest BCUT2D eigenvalue weighted by Crippen LogP contribution is 2.15. The van der Waals surface area contributed by atoms with Gasteiger partial charge in [-0.2, -0.15) is 8.42 Å². The van der Waals surface area contributed by atoms with Gasteiger partial charge in [0.05, 0.1) is 12.0 Å². The number of hydrogen-bond acceptors (Lipinski definition) is 3. The second-order valence-electron chi connectivity index (χ2n) is 4.78. The molecule has 19 heavy (non-hydrogen) atoms. The molecular weight excluding hydrogens is 260 g/mol. The smallest absolute Gasteiger partial charge is 0.270 e. The Morgan fingerprint density at radius 2 is 1.53 bits per heavy atom. The fourth-order valence-electron chi connectivity index (χ4n) is 2.03. The van der Waals surface area contributed by atoms with E-state index in [0.29, 0.717) is 0 Å². The van der Waals surface area contributed by atoms with Gasteiger partial charge in [0.15, 0.2) is 0 Å². The van der Waals surface area contributed by atoms with Gasteiger partial charge in [-0.1, -0.05) is 51.2 Å². The van der Waals surface area contributed by atoms with Gasteiger partial charge in [0.2, 0.25) is 0 Å². The summed E-state index contributed by atoms with van der Waals surface area (Å²) in [5, 5.41) is 0. The first-order valence-electron chi connectivity index (χ1n) is 6.99. The summed E-state index contributed by atoms with van der Waals surface area (Å²) in [6, 6.07) is 6.98. The maximum atomic E-state index is 11.5. The van der Waals surface area contributed by atoms with Crippen LogP contribution in [0.25, 0.3) is 0 Å². The van der Waals surface area contributed by atoms with Crippen LogP contribution in [0.2, 0.25) is 0 Å². The predicted molar refractivity (Wildman–Crippen MR) is 77.7 cm³/mol. The van der Waals surface area contributed by atoms with E-state index in [4.69, 9.17) is 0 Å². The molecule has 0 amide bonds. The SMILES string of the molecule is CCCCCCCCc1ccc(S(=O)(=O)OC)cc1. The van der Waals surface area contributed by atoms with E-state index < -0.39 is 10.1 Å². The highest BCUT2D eigenvalue weighted by Gasteiger charge is 2.11. The van der Waals surface area contributed by atoms with Crippen molar-refractivity contribution in [1.29, 1.82) is 0 Å². The van der Waals surface area contributed by atoms with Gasteiger partial charge in [-0.15, -0.1) is 0 Å². The van der Waals surface area contributed by atoms with E-state index in [0.717, 1.165) is 6.42 Å². The Kier molecular flexibility index (Phi) is 7.10. The van der Waals surface area contributed by atoms with Crippen LogP contribution in [0.1, 0.15) is 51.0 Å². The molecular formula is C15H24O3S. The second kappa shape index (κ2) is 8.33. The van der Waals surface area contributed by atoms with Gasteiger partial charge < -0.3 is 0 Å². The summed E-state index contributed by atoms with van der Waals surface area (Å²) in [6.07, 6.45) is 8.64. The van der Waals surface area contributed by atoms with Gasteiger partial charge in [0, 0.05) is 0 Å². The third-order valence-electron chi connectivity index (χ3n) is 3.25. The lowest BCUT2D eigenvalue weighted by Crippen LogP contribution is -2.02. The molecule has 0 N–H and O–H groups in total. The standard InChI is InChI=1S/C15H24O3S/c1-3-4-5-6-7-8-9-14-10-12-15(13-11-14)19(16,17)18-2/h10-13H,3-9H2,1-2H3. The van der Waals surface area contributed by atoms with Crippen molar-refractivity contribution in [3.05, 3.63) is 29.8 Å². The summed E-state index contributed by atoms with van der Waals surface area (Å²) in [6.45, 7) is 2.22. The molecule has 0 unspecified atom stereocenters. The minimum absolute atomic E-state index is 0.224. The summed E-state index contributed by atoms with van der Waals surface area (Å²) in [5.74, 6) is 0. The van der Waals surface area contributed by atoms with Crippen LogP contribution in [0.15, 0.2) is 29.2 Å². The third kappa shape index (κ3) is 5.74. The molecule has 1 aromatic carbocycles. The number of unbranched alkanes of at least 4 members (excludes halogenated alkanes) is 5. The monoisotopic (exact) mass is 284 g/mol. The topological polar surface area (TPSA) is 43.4 Å². The van der Waals surface area contributed by atoms with Gasteiger partial charge in [-0.3, -0.25) is 4.18 Å². The maximum absolute atomic E-state index is 11.5. The average molecular weight is 284 g/mol. The van der Waals surface area contributed by atoms with Crippen molar-refractivity contribution in [3.63, 3.8) is 0 Å². The Morgan fingerprint density at radius 1 is 0.947 bits per heavy atom. The number of rotatable bonds is 9. The molecule has 0 spiro atoms. The van der Waals surface area contributed by atoms with Crippen LogP contribution < -0.4 is 0 Å². The first-order chi connectivity index (χ1) is 9.10. The first kappa shape index (κ1) is 16.2. The maximum Gasteiger partial charge on any atom is 0.296 e. The van der Waals surface area contributed by atoms with E-state index in [2.05, 4.69) is 11.1 Å². The zero-order valence-electron chi connectivity index (χ0n) is 11.9. The van der Waals surface area contributed by atoms with E-state index in [-0.39, 0.29) is 4.90 Å². The molecule has 0 bridgehead atoms. The van der Waals surface area contributed by atoms with E-state index in [1.807, 2.05) is 12.1 Å². The minimum Gasteiger partial charge on any atom is -0.270 e. The van der Waals surface area contributed by atoms with Crippen molar-refractivity contribution in [2.24, 2.45) is 0 Å². The Balaban J connectivity index is 2.37. The van der Waals surface area contributed by atoms with Gasteiger partial charge in [0.25, 0.3) is 10.1 Å². The van der Waals surface area contributed by atoms with Gasteiger partial charge >= 0.3 is 0 Å². The molecule has 0 atom stereocenters. The van der Waals surface area contributed by atoms with Crippen LogP contribution in [0, 0.1) is 0 Å². The summed E-state index contributed by atoms with van der Waals surface area (Å²) < 4.78 is 27.4. The molecule has 3 nitrogen and oxygen atoms in total. The van der Waals surface area contributed by atoms with Crippen LogP contribution in [0.5, 0.6) is 0 Å². The van der Waals surface area contributed by atoms with Crippen LogP contribution in [-0.4, -0.2) is 15.5 Å². The van der Waals surface area contributed by atoms with Crippen molar-refractivity contribution in [1.82, 2.24) is 0 Å². The Bertz CT molecular complexity index is 449. The fraction of sp³-hybridized carbons (Fsp3) is 0.600. The molecule has 0 saturated heterocycles. The van der Waals surface area contributed by atoms with Crippen molar-refractivity contribution in [2.45, 2.75) is 56.8 Å². The quantitative estimate of drug-likeness (QED) is 0.510. The van der Waals surface area contributed by atoms with Gasteiger partial charge in [0.1, 0.15) is 0 Å². The Labute approximate surface area is 117 Å². The van der Waals surface area contributed by atoms with Crippen molar-refractivity contribution in [2.75, 3.05) is 7.11 Å². The molecule has 0 fully saturated rings. The molecule has 0 aliphatic carbocycles. The van der Waals surface area contributed by atoms with E-state index >= 15 is 0 Å². The van der Waals surface area contributed by atoms with Crippen molar-refractivity contribution in [3.8, 4) is 0 Å². The summed E-state index contributed by atoms with van der Waals surface area (Å²) in [4.78, 5) is 0.224. The lowest BCUT2D eigenvalue weighted by atomic mass is 10.1. The van der Waals surface area contributed by atoms with Crippen LogP contribution in [0.3, 0.4) is 0 Å². The highest BCUT2D eigenvalue weighted by atomic mass is 32.2. The fourth-order valence-corrected chi connectivity index (χ4v) is 2.69. The number of benzene rings is 1. The van der Waals surface area contributed by atoms with Crippen molar-refractivity contribution < 1.29 is 12.6 Å². The predicted octanol–water partition coefficient (Wildman–Crippen LogP) is 3.92. The Morgan fingerprint density at radius 3 is 2.11 bits per heavy atom. The summed E-state index contributed by atoms with van der Waals surface area (Å²) >= 11 is 0. The van der Waals surface area contributed by atoms with Crippen LogP contribution in [0.4, 0.5) is 0 Å². The molecule has 0 saturated carbocycles.